The van der Waals surface area contributed by atoms with Crippen LogP contribution in [0.2, 0.25) is 0 Å². The van der Waals surface area contributed by atoms with Crippen molar-refractivity contribution in [3.63, 3.8) is 0 Å². The third kappa shape index (κ3) is 46.0. The quantitative estimate of drug-likeness (QED) is 0.0200. The molecule has 0 spiro atoms. The Balaban J connectivity index is 4.44. The van der Waals surface area contributed by atoms with Crippen LogP contribution in [0.4, 0.5) is 0 Å². The summed E-state index contributed by atoms with van der Waals surface area (Å²) in [5, 5.41) is 0. The van der Waals surface area contributed by atoms with E-state index in [9.17, 15) is 14.4 Å². The first-order chi connectivity index (χ1) is 29.0. The van der Waals surface area contributed by atoms with Crippen molar-refractivity contribution >= 4 is 17.9 Å². The van der Waals surface area contributed by atoms with E-state index < -0.39 is 6.10 Å². The second-order valence-corrected chi connectivity index (χ2v) is 16.4. The van der Waals surface area contributed by atoms with Gasteiger partial charge < -0.3 is 14.2 Å². The highest BCUT2D eigenvalue weighted by Gasteiger charge is 2.19. The summed E-state index contributed by atoms with van der Waals surface area (Å²) in [7, 11) is 0. The van der Waals surface area contributed by atoms with Crippen molar-refractivity contribution in [1.82, 2.24) is 0 Å². The second-order valence-electron chi connectivity index (χ2n) is 16.4. The summed E-state index contributed by atoms with van der Waals surface area (Å²) in [5.41, 5.74) is 0. The average Bonchev–Trinajstić information content (AvgIpc) is 3.23. The molecule has 0 saturated carbocycles. The van der Waals surface area contributed by atoms with Gasteiger partial charge in [0, 0.05) is 19.3 Å². The number of hydrogen-bond donors (Lipinski definition) is 0. The largest absolute Gasteiger partial charge is 0.462 e. The lowest BCUT2D eigenvalue weighted by Crippen LogP contribution is -2.30. The molecule has 0 amide bonds. The van der Waals surface area contributed by atoms with Gasteiger partial charge in [-0.3, -0.25) is 14.4 Å². The summed E-state index contributed by atoms with van der Waals surface area (Å²) < 4.78 is 16.7. The van der Waals surface area contributed by atoms with Crippen molar-refractivity contribution in [2.75, 3.05) is 13.2 Å². The van der Waals surface area contributed by atoms with E-state index in [1.165, 1.54) is 116 Å². The van der Waals surface area contributed by atoms with Crippen LogP contribution < -0.4 is 0 Å². The Morgan fingerprint density at radius 3 is 1.20 bits per heavy atom. The first kappa shape index (κ1) is 56.1. The molecule has 0 aromatic carbocycles. The molecule has 1 unspecified atom stereocenters. The van der Waals surface area contributed by atoms with E-state index in [4.69, 9.17) is 14.2 Å². The normalized spacial score (nSPS) is 12.5. The number of carbonyl (C=O) groups excluding carboxylic acids is 3. The van der Waals surface area contributed by atoms with Gasteiger partial charge in [0.15, 0.2) is 6.10 Å². The van der Waals surface area contributed by atoms with Gasteiger partial charge in [-0.15, -0.1) is 0 Å². The Kier molecular flexibility index (Phi) is 45.4. The lowest BCUT2D eigenvalue weighted by Gasteiger charge is -2.18. The molecule has 59 heavy (non-hydrogen) atoms. The lowest BCUT2D eigenvalue weighted by molar-refractivity contribution is -0.167. The van der Waals surface area contributed by atoms with Crippen LogP contribution >= 0.6 is 0 Å². The maximum absolute atomic E-state index is 12.8. The predicted octanol–water partition coefficient (Wildman–Crippen LogP) is 16.1. The summed E-state index contributed by atoms with van der Waals surface area (Å²) in [6.45, 7) is 6.45. The minimum absolute atomic E-state index is 0.102. The van der Waals surface area contributed by atoms with Crippen LogP contribution in [0.3, 0.4) is 0 Å². The molecular formula is C53H92O6. The zero-order chi connectivity index (χ0) is 43.0. The fourth-order valence-corrected chi connectivity index (χ4v) is 6.81. The number of rotatable bonds is 44. The second kappa shape index (κ2) is 47.8. The Labute approximate surface area is 364 Å². The van der Waals surface area contributed by atoms with Crippen molar-refractivity contribution in [2.24, 2.45) is 0 Å². The van der Waals surface area contributed by atoms with E-state index in [0.29, 0.717) is 19.3 Å². The smallest absolute Gasteiger partial charge is 0.306 e. The lowest BCUT2D eigenvalue weighted by atomic mass is 10.0. The molecule has 0 aromatic rings. The van der Waals surface area contributed by atoms with E-state index in [2.05, 4.69) is 81.5 Å². The van der Waals surface area contributed by atoms with Gasteiger partial charge in [-0.1, -0.05) is 210 Å². The summed E-state index contributed by atoms with van der Waals surface area (Å²) in [6, 6.07) is 0. The van der Waals surface area contributed by atoms with Crippen molar-refractivity contribution < 1.29 is 28.6 Å². The SMILES string of the molecule is CC/C=C\C/C=C\C/C=C\CCCC(=O)OCC(COC(=O)CCCCC/C=C\C=C/CCCCCCCCC)OC(=O)CCCCCCCCCCCCCCCC. The van der Waals surface area contributed by atoms with Gasteiger partial charge in [0.1, 0.15) is 13.2 Å². The van der Waals surface area contributed by atoms with Crippen LogP contribution in [0.25, 0.3) is 0 Å². The van der Waals surface area contributed by atoms with Crippen molar-refractivity contribution in [3.8, 4) is 0 Å². The van der Waals surface area contributed by atoms with E-state index in [1.54, 1.807) is 0 Å². The molecule has 6 heteroatoms. The number of carbonyl (C=O) groups is 3. The Hall–Kier alpha value is -2.89. The molecule has 0 aliphatic carbocycles. The molecule has 0 saturated heterocycles. The monoisotopic (exact) mass is 825 g/mol. The average molecular weight is 825 g/mol. The molecule has 1 atom stereocenters. The minimum atomic E-state index is -0.801. The van der Waals surface area contributed by atoms with Gasteiger partial charge in [0.2, 0.25) is 0 Å². The summed E-state index contributed by atoms with van der Waals surface area (Å²) in [6.07, 6.45) is 57.9. The number of hydrogen-bond acceptors (Lipinski definition) is 6. The highest BCUT2D eigenvalue weighted by Crippen LogP contribution is 2.15. The van der Waals surface area contributed by atoms with Crippen LogP contribution in [-0.4, -0.2) is 37.2 Å². The molecule has 6 nitrogen and oxygen atoms in total. The number of unbranched alkanes of at least 4 members (excludes halogenated alkanes) is 24. The first-order valence-corrected chi connectivity index (χ1v) is 24.8. The van der Waals surface area contributed by atoms with E-state index >= 15 is 0 Å². The fourth-order valence-electron chi connectivity index (χ4n) is 6.81. The third-order valence-electron chi connectivity index (χ3n) is 10.5. The van der Waals surface area contributed by atoms with Crippen molar-refractivity contribution in [1.29, 1.82) is 0 Å². The summed E-state index contributed by atoms with van der Waals surface area (Å²) >= 11 is 0. The highest BCUT2D eigenvalue weighted by molar-refractivity contribution is 5.71. The predicted molar refractivity (Wildman–Crippen MR) is 251 cm³/mol. The number of ether oxygens (including phenoxy) is 3. The Bertz CT molecular complexity index is 1090. The van der Waals surface area contributed by atoms with Crippen LogP contribution in [-0.2, 0) is 28.6 Å². The maximum atomic E-state index is 12.8. The molecule has 0 fully saturated rings. The summed E-state index contributed by atoms with van der Waals surface area (Å²) in [5.74, 6) is -0.979. The molecule has 0 N–H and O–H groups in total. The van der Waals surface area contributed by atoms with Gasteiger partial charge in [0.05, 0.1) is 0 Å². The molecule has 0 radical (unpaired) electrons. The molecule has 0 rings (SSSR count). The van der Waals surface area contributed by atoms with E-state index in [-0.39, 0.29) is 37.5 Å². The van der Waals surface area contributed by atoms with Crippen molar-refractivity contribution in [3.05, 3.63) is 60.8 Å². The molecule has 0 heterocycles. The van der Waals surface area contributed by atoms with E-state index in [1.807, 2.05) is 0 Å². The third-order valence-corrected chi connectivity index (χ3v) is 10.5. The molecule has 0 aromatic heterocycles. The number of allylic oxidation sites excluding steroid dienone is 10. The maximum Gasteiger partial charge on any atom is 0.306 e. The Morgan fingerprint density at radius 2 is 0.729 bits per heavy atom. The molecule has 340 valence electrons. The fraction of sp³-hybridized carbons (Fsp3) is 0.755. The summed E-state index contributed by atoms with van der Waals surface area (Å²) in [4.78, 5) is 37.8. The van der Waals surface area contributed by atoms with Gasteiger partial charge in [-0.05, 0) is 70.6 Å². The first-order valence-electron chi connectivity index (χ1n) is 24.8. The van der Waals surface area contributed by atoms with Gasteiger partial charge in [-0.2, -0.15) is 0 Å². The van der Waals surface area contributed by atoms with Gasteiger partial charge in [0.25, 0.3) is 0 Å². The van der Waals surface area contributed by atoms with Crippen LogP contribution in [0, 0.1) is 0 Å². The topological polar surface area (TPSA) is 78.9 Å². The minimum Gasteiger partial charge on any atom is -0.462 e. The molecule has 0 aliphatic rings. The van der Waals surface area contributed by atoms with Gasteiger partial charge >= 0.3 is 17.9 Å². The highest BCUT2D eigenvalue weighted by atomic mass is 16.6. The molecule has 0 bridgehead atoms. The zero-order valence-corrected chi connectivity index (χ0v) is 38.8. The van der Waals surface area contributed by atoms with E-state index in [0.717, 1.165) is 77.0 Å². The van der Waals surface area contributed by atoms with Crippen LogP contribution in [0.15, 0.2) is 60.8 Å². The van der Waals surface area contributed by atoms with Crippen molar-refractivity contribution in [2.45, 2.75) is 245 Å². The zero-order valence-electron chi connectivity index (χ0n) is 38.8. The Morgan fingerprint density at radius 1 is 0.373 bits per heavy atom. The van der Waals surface area contributed by atoms with Crippen LogP contribution in [0.1, 0.15) is 239 Å². The standard InChI is InChI=1S/C53H92O6/c1-4-7-10-13-16-19-22-24-26-27-29-31-34-37-40-43-46-52(55)58-49-50(48-57-51(54)45-42-39-36-33-30-21-18-15-12-9-6-3)59-53(56)47-44-41-38-35-32-28-25-23-20-17-14-11-8-5-2/h9,12,18,21,26-27,29,31,33,36,50H,4-8,10-11,13-17,19-20,22-25,28,30,32,34-35,37-49H2,1-3H3/b12-9-,21-18-,27-26-,31-29-,36-33-. The van der Waals surface area contributed by atoms with Crippen LogP contribution in [0.5, 0.6) is 0 Å². The number of esters is 3. The van der Waals surface area contributed by atoms with Gasteiger partial charge in [-0.25, -0.2) is 0 Å². The molecule has 0 aliphatic heterocycles. The molecular weight excluding hydrogens is 733 g/mol.